The zero-order valence-electron chi connectivity index (χ0n) is 12.8. The number of aromatic nitrogens is 1. The summed E-state index contributed by atoms with van der Waals surface area (Å²) in [4.78, 5) is 0. The first-order valence-electron chi connectivity index (χ1n) is 7.81. The van der Waals surface area contributed by atoms with E-state index in [1.54, 1.807) is 0 Å². The van der Waals surface area contributed by atoms with Gasteiger partial charge in [0.15, 0.2) is 0 Å². The van der Waals surface area contributed by atoms with Crippen molar-refractivity contribution < 1.29 is 4.74 Å². The number of aryl methyl sites for hydroxylation is 1. The maximum Gasteiger partial charge on any atom is 0.120 e. The number of hydrogen-bond donors (Lipinski definition) is 0. The van der Waals surface area contributed by atoms with E-state index in [1.807, 2.05) is 18.2 Å². The molecular weight excluding hydrogens is 270 g/mol. The standard InChI is InChI=1S/C20H19NO/c1-2-16-10-11-21-19-9-8-18(12-17(19)13-20(16)21)22-14-15-6-4-3-5-7-15/h2-9,12-13H,10-11,14H2,1H3/b16-2+. The van der Waals surface area contributed by atoms with Crippen molar-refractivity contribution in [3.8, 4) is 5.75 Å². The first-order valence-corrected chi connectivity index (χ1v) is 7.81. The Bertz CT molecular complexity index is 843. The summed E-state index contributed by atoms with van der Waals surface area (Å²) in [7, 11) is 0. The number of nitrogens with zero attached hydrogens (tertiary/aromatic N) is 1. The Balaban J connectivity index is 1.62. The molecule has 3 aromatic rings. The first kappa shape index (κ1) is 13.2. The molecule has 0 spiro atoms. The van der Waals surface area contributed by atoms with Crippen molar-refractivity contribution in [2.75, 3.05) is 0 Å². The fraction of sp³-hybridized carbons (Fsp3) is 0.200. The second kappa shape index (κ2) is 5.38. The number of ether oxygens (including phenoxy) is 1. The molecule has 0 saturated carbocycles. The highest BCUT2D eigenvalue weighted by atomic mass is 16.5. The molecule has 2 heteroatoms. The minimum atomic E-state index is 0.611. The normalized spacial score (nSPS) is 15.4. The highest BCUT2D eigenvalue weighted by molar-refractivity contribution is 5.88. The predicted octanol–water partition coefficient (Wildman–Crippen LogP) is 5.03. The molecule has 0 amide bonds. The molecule has 4 rings (SSSR count). The third kappa shape index (κ3) is 2.21. The lowest BCUT2D eigenvalue weighted by Gasteiger charge is -2.07. The molecule has 2 heterocycles. The second-order valence-electron chi connectivity index (χ2n) is 5.74. The lowest BCUT2D eigenvalue weighted by molar-refractivity contribution is 0.306. The van der Waals surface area contributed by atoms with Gasteiger partial charge < -0.3 is 9.30 Å². The monoisotopic (exact) mass is 289 g/mol. The van der Waals surface area contributed by atoms with Crippen LogP contribution in [0.2, 0.25) is 0 Å². The van der Waals surface area contributed by atoms with E-state index in [2.05, 4.69) is 54.0 Å². The maximum absolute atomic E-state index is 5.93. The van der Waals surface area contributed by atoms with Crippen molar-refractivity contribution in [3.05, 3.63) is 71.9 Å². The van der Waals surface area contributed by atoms with Gasteiger partial charge >= 0.3 is 0 Å². The third-order valence-electron chi connectivity index (χ3n) is 4.40. The molecule has 0 fully saturated rings. The quantitative estimate of drug-likeness (QED) is 0.660. The van der Waals surface area contributed by atoms with Crippen LogP contribution in [0, 0.1) is 0 Å². The van der Waals surface area contributed by atoms with Crippen LogP contribution in [0.25, 0.3) is 16.5 Å². The van der Waals surface area contributed by atoms with Crippen LogP contribution in [-0.2, 0) is 13.2 Å². The van der Waals surface area contributed by atoms with Crippen molar-refractivity contribution in [3.63, 3.8) is 0 Å². The smallest absolute Gasteiger partial charge is 0.120 e. The van der Waals surface area contributed by atoms with E-state index in [1.165, 1.54) is 27.7 Å². The van der Waals surface area contributed by atoms with Crippen LogP contribution in [0.3, 0.4) is 0 Å². The van der Waals surface area contributed by atoms with Gasteiger partial charge in [-0.2, -0.15) is 0 Å². The van der Waals surface area contributed by atoms with E-state index in [9.17, 15) is 0 Å². The lowest BCUT2D eigenvalue weighted by Crippen LogP contribution is -1.95. The molecule has 0 N–H and O–H groups in total. The summed E-state index contributed by atoms with van der Waals surface area (Å²) in [6.45, 7) is 3.82. The Labute approximate surface area is 130 Å². The average Bonchev–Trinajstić information content (AvgIpc) is 3.12. The van der Waals surface area contributed by atoms with Gasteiger partial charge in [0.05, 0.1) is 0 Å². The molecule has 0 aliphatic carbocycles. The van der Waals surface area contributed by atoms with E-state index in [-0.39, 0.29) is 0 Å². The summed E-state index contributed by atoms with van der Waals surface area (Å²) in [6.07, 6.45) is 3.37. The second-order valence-corrected chi connectivity index (χ2v) is 5.74. The van der Waals surface area contributed by atoms with E-state index in [0.29, 0.717) is 6.61 Å². The van der Waals surface area contributed by atoms with Crippen LogP contribution in [0.5, 0.6) is 5.75 Å². The van der Waals surface area contributed by atoms with Gasteiger partial charge in [-0.05, 0) is 48.7 Å². The molecule has 22 heavy (non-hydrogen) atoms. The zero-order valence-corrected chi connectivity index (χ0v) is 12.8. The molecule has 1 aliphatic rings. The minimum absolute atomic E-state index is 0.611. The van der Waals surface area contributed by atoms with Crippen LogP contribution >= 0.6 is 0 Å². The fourth-order valence-corrected chi connectivity index (χ4v) is 3.24. The Morgan fingerprint density at radius 2 is 1.95 bits per heavy atom. The number of allylic oxidation sites excluding steroid dienone is 2. The first-order chi connectivity index (χ1) is 10.8. The van der Waals surface area contributed by atoms with E-state index in [0.717, 1.165) is 18.7 Å². The van der Waals surface area contributed by atoms with Crippen LogP contribution in [0.15, 0.2) is 60.7 Å². The number of fused-ring (bicyclic) bond motifs is 3. The number of rotatable bonds is 3. The highest BCUT2D eigenvalue weighted by Gasteiger charge is 2.18. The van der Waals surface area contributed by atoms with Crippen LogP contribution < -0.4 is 4.74 Å². The third-order valence-corrected chi connectivity index (χ3v) is 4.40. The Morgan fingerprint density at radius 3 is 2.77 bits per heavy atom. The molecule has 0 radical (unpaired) electrons. The van der Waals surface area contributed by atoms with Crippen molar-refractivity contribution in [1.82, 2.24) is 4.57 Å². The molecule has 1 aliphatic heterocycles. The minimum Gasteiger partial charge on any atom is -0.489 e. The van der Waals surface area contributed by atoms with Gasteiger partial charge in [0.1, 0.15) is 12.4 Å². The fourth-order valence-electron chi connectivity index (χ4n) is 3.24. The molecule has 1 aromatic heterocycles. The molecule has 0 atom stereocenters. The van der Waals surface area contributed by atoms with Gasteiger partial charge in [-0.1, -0.05) is 36.4 Å². The van der Waals surface area contributed by atoms with E-state index < -0.39 is 0 Å². The van der Waals surface area contributed by atoms with E-state index in [4.69, 9.17) is 4.74 Å². The van der Waals surface area contributed by atoms with Crippen LogP contribution in [0.4, 0.5) is 0 Å². The Morgan fingerprint density at radius 1 is 1.09 bits per heavy atom. The van der Waals surface area contributed by atoms with Crippen molar-refractivity contribution >= 4 is 16.5 Å². The summed E-state index contributed by atoms with van der Waals surface area (Å²) in [5.41, 5.74) is 5.30. The largest absolute Gasteiger partial charge is 0.489 e. The SMILES string of the molecule is C/C=C1\CCn2c1cc1cc(OCc3ccccc3)ccc12. The molecule has 110 valence electrons. The Hall–Kier alpha value is -2.48. The van der Waals surface area contributed by atoms with Crippen molar-refractivity contribution in [2.24, 2.45) is 0 Å². The van der Waals surface area contributed by atoms with Gasteiger partial charge in [-0.15, -0.1) is 0 Å². The van der Waals surface area contributed by atoms with Crippen LogP contribution in [-0.4, -0.2) is 4.57 Å². The molecule has 0 bridgehead atoms. The summed E-state index contributed by atoms with van der Waals surface area (Å²) < 4.78 is 8.34. The number of benzene rings is 2. The molecular formula is C20H19NO. The van der Waals surface area contributed by atoms with E-state index >= 15 is 0 Å². The lowest BCUT2D eigenvalue weighted by atomic mass is 10.1. The summed E-state index contributed by atoms with van der Waals surface area (Å²) >= 11 is 0. The van der Waals surface area contributed by atoms with Gasteiger partial charge in [0.25, 0.3) is 0 Å². The Kier molecular flexibility index (Phi) is 3.23. The molecule has 2 nitrogen and oxygen atoms in total. The topological polar surface area (TPSA) is 14.2 Å². The molecule has 0 saturated heterocycles. The predicted molar refractivity (Wildman–Crippen MR) is 91.0 cm³/mol. The van der Waals surface area contributed by atoms with Crippen molar-refractivity contribution in [2.45, 2.75) is 26.5 Å². The average molecular weight is 289 g/mol. The van der Waals surface area contributed by atoms with Gasteiger partial charge in [0, 0.05) is 23.1 Å². The van der Waals surface area contributed by atoms with Crippen LogP contribution in [0.1, 0.15) is 24.6 Å². The van der Waals surface area contributed by atoms with Crippen molar-refractivity contribution in [1.29, 1.82) is 0 Å². The van der Waals surface area contributed by atoms with Gasteiger partial charge in [-0.25, -0.2) is 0 Å². The molecule has 2 aromatic carbocycles. The zero-order chi connectivity index (χ0) is 14.9. The summed E-state index contributed by atoms with van der Waals surface area (Å²) in [6, 6.07) is 19.0. The summed E-state index contributed by atoms with van der Waals surface area (Å²) in [5.74, 6) is 0.933. The highest BCUT2D eigenvalue weighted by Crippen LogP contribution is 2.34. The van der Waals surface area contributed by atoms with Gasteiger partial charge in [0.2, 0.25) is 0 Å². The van der Waals surface area contributed by atoms with Gasteiger partial charge in [-0.3, -0.25) is 0 Å². The number of hydrogen-bond acceptors (Lipinski definition) is 1. The maximum atomic E-state index is 5.93. The summed E-state index contributed by atoms with van der Waals surface area (Å²) in [5, 5.41) is 1.26. The molecule has 0 unspecified atom stereocenters.